The fraction of sp³-hybridized carbons (Fsp3) is 0. The number of hydrogen-bond donors (Lipinski definition) is 0. The van der Waals surface area contributed by atoms with E-state index in [2.05, 4.69) is 10.2 Å². The Bertz CT molecular complexity index is 1120. The molecule has 0 amide bonds. The molecule has 0 atom stereocenters. The summed E-state index contributed by atoms with van der Waals surface area (Å²) < 4.78 is 10.9. The highest BCUT2D eigenvalue weighted by Gasteiger charge is 2.17. The van der Waals surface area contributed by atoms with Crippen LogP contribution in [0.1, 0.15) is 0 Å². The van der Waals surface area contributed by atoms with Crippen LogP contribution in [0.15, 0.2) is 62.2 Å². The van der Waals surface area contributed by atoms with Crippen molar-refractivity contribution in [1.29, 1.82) is 0 Å². The van der Waals surface area contributed by atoms with Crippen LogP contribution in [0.25, 0.3) is 33.9 Å². The number of aromatic nitrogens is 2. The lowest BCUT2D eigenvalue weighted by molar-refractivity contribution is 0.547. The van der Waals surface area contributed by atoms with E-state index in [0.717, 1.165) is 5.39 Å². The van der Waals surface area contributed by atoms with E-state index in [0.29, 0.717) is 21.2 Å². The number of hydrogen-bond acceptors (Lipinski definition) is 5. The van der Waals surface area contributed by atoms with Gasteiger partial charge >= 0.3 is 5.63 Å². The van der Waals surface area contributed by atoms with Crippen molar-refractivity contribution in [3.63, 3.8) is 0 Å². The molecule has 0 bridgehead atoms. The Morgan fingerprint density at radius 2 is 1.58 bits per heavy atom. The summed E-state index contributed by atoms with van der Waals surface area (Å²) in [7, 11) is 0. The van der Waals surface area contributed by atoms with E-state index in [1.165, 1.54) is 0 Å². The van der Waals surface area contributed by atoms with Gasteiger partial charge in [0.05, 0.1) is 10.6 Å². The topological polar surface area (TPSA) is 69.1 Å². The summed E-state index contributed by atoms with van der Waals surface area (Å²) in [5.74, 6) is 0.259. The van der Waals surface area contributed by atoms with Crippen LogP contribution in [0, 0.1) is 0 Å². The summed E-state index contributed by atoms with van der Waals surface area (Å²) in [4.78, 5) is 12.2. The van der Waals surface area contributed by atoms with Crippen LogP contribution < -0.4 is 5.63 Å². The minimum absolute atomic E-state index is 0.0653. The lowest BCUT2D eigenvalue weighted by Crippen LogP contribution is -2.02. The van der Waals surface area contributed by atoms with E-state index in [1.807, 2.05) is 12.1 Å². The van der Waals surface area contributed by atoms with Crippen LogP contribution in [0.4, 0.5) is 0 Å². The quantitative estimate of drug-likeness (QED) is 0.480. The van der Waals surface area contributed by atoms with Crippen molar-refractivity contribution in [2.24, 2.45) is 0 Å². The van der Waals surface area contributed by atoms with E-state index >= 15 is 0 Å². The van der Waals surface area contributed by atoms with Crippen molar-refractivity contribution in [3.8, 4) is 22.9 Å². The molecular weight excluding hydrogens is 351 g/mol. The number of rotatable bonds is 2. The van der Waals surface area contributed by atoms with Gasteiger partial charge < -0.3 is 8.83 Å². The van der Waals surface area contributed by atoms with Gasteiger partial charge in [-0.15, -0.1) is 10.2 Å². The molecule has 0 N–H and O–H groups in total. The lowest BCUT2D eigenvalue weighted by Gasteiger charge is -1.99. The van der Waals surface area contributed by atoms with Gasteiger partial charge in [-0.2, -0.15) is 0 Å². The maximum atomic E-state index is 12.2. The fourth-order valence-corrected chi connectivity index (χ4v) is 2.80. The normalized spacial score (nSPS) is 11.1. The second-order valence-electron chi connectivity index (χ2n) is 5.02. The third kappa shape index (κ3) is 2.58. The first-order chi connectivity index (χ1) is 11.6. The Labute approximate surface area is 145 Å². The van der Waals surface area contributed by atoms with Gasteiger partial charge in [-0.3, -0.25) is 0 Å². The number of halogens is 2. The molecule has 0 aliphatic heterocycles. The monoisotopic (exact) mass is 358 g/mol. The highest BCUT2D eigenvalue weighted by Crippen LogP contribution is 2.31. The molecule has 0 unspecified atom stereocenters. The summed E-state index contributed by atoms with van der Waals surface area (Å²) in [5.41, 5.74) is 0.667. The van der Waals surface area contributed by atoms with E-state index in [4.69, 9.17) is 32.0 Å². The first-order valence-electron chi connectivity index (χ1n) is 6.94. The smallest absolute Gasteiger partial charge is 0.349 e. The Kier molecular flexibility index (Phi) is 3.59. The lowest BCUT2D eigenvalue weighted by atomic mass is 10.2. The molecule has 2 aromatic carbocycles. The third-order valence-electron chi connectivity index (χ3n) is 3.46. The molecule has 2 aromatic heterocycles. The van der Waals surface area contributed by atoms with Crippen molar-refractivity contribution in [1.82, 2.24) is 10.2 Å². The molecule has 4 rings (SSSR count). The highest BCUT2D eigenvalue weighted by atomic mass is 35.5. The summed E-state index contributed by atoms with van der Waals surface area (Å²) in [6.45, 7) is 0. The number of fused-ring (bicyclic) bond motifs is 1. The first-order valence-corrected chi connectivity index (χ1v) is 7.69. The molecule has 5 nitrogen and oxygen atoms in total. The molecule has 24 heavy (non-hydrogen) atoms. The largest absolute Gasteiger partial charge is 0.422 e. The second kappa shape index (κ2) is 5.78. The molecule has 0 spiro atoms. The van der Waals surface area contributed by atoms with Gasteiger partial charge in [-0.1, -0.05) is 41.4 Å². The average molecular weight is 359 g/mol. The minimum Gasteiger partial charge on any atom is -0.422 e. The van der Waals surface area contributed by atoms with Gasteiger partial charge in [-0.25, -0.2) is 4.79 Å². The Hall–Kier alpha value is -2.63. The van der Waals surface area contributed by atoms with Crippen molar-refractivity contribution in [3.05, 3.63) is 69.0 Å². The molecule has 7 heteroatoms. The summed E-state index contributed by atoms with van der Waals surface area (Å²) >= 11 is 12.0. The zero-order valence-electron chi connectivity index (χ0n) is 12.0. The summed E-state index contributed by atoms with van der Waals surface area (Å²) in [6, 6.07) is 13.7. The van der Waals surface area contributed by atoms with Crippen LogP contribution >= 0.6 is 23.2 Å². The standard InChI is InChI=1S/C17H8Cl2N2O3/c18-10-5-6-11(13(19)8-10)15-20-21-16(24-15)12-7-9-3-1-2-4-14(9)23-17(12)22/h1-8H. The van der Waals surface area contributed by atoms with E-state index in [1.54, 1.807) is 36.4 Å². The van der Waals surface area contributed by atoms with Gasteiger partial charge in [0.15, 0.2) is 0 Å². The van der Waals surface area contributed by atoms with Crippen LogP contribution in [-0.2, 0) is 0 Å². The maximum absolute atomic E-state index is 12.2. The number of para-hydroxylation sites is 1. The predicted molar refractivity (Wildman–Crippen MR) is 91.2 cm³/mol. The average Bonchev–Trinajstić information content (AvgIpc) is 3.03. The molecule has 0 fully saturated rings. The molecular formula is C17H8Cl2N2O3. The Morgan fingerprint density at radius 3 is 2.38 bits per heavy atom. The zero-order chi connectivity index (χ0) is 16.7. The molecule has 2 heterocycles. The van der Waals surface area contributed by atoms with Gasteiger partial charge in [0.2, 0.25) is 5.89 Å². The van der Waals surface area contributed by atoms with E-state index in [-0.39, 0.29) is 17.3 Å². The van der Waals surface area contributed by atoms with Crippen LogP contribution in [-0.4, -0.2) is 10.2 Å². The summed E-state index contributed by atoms with van der Waals surface area (Å²) in [6.07, 6.45) is 0. The van der Waals surface area contributed by atoms with Gasteiger partial charge in [0.1, 0.15) is 11.1 Å². The fourth-order valence-electron chi connectivity index (χ4n) is 2.31. The SMILES string of the molecule is O=c1oc2ccccc2cc1-c1nnc(-c2ccc(Cl)cc2Cl)o1. The van der Waals surface area contributed by atoms with Crippen LogP contribution in [0.2, 0.25) is 10.0 Å². The van der Waals surface area contributed by atoms with Gasteiger partial charge in [0.25, 0.3) is 5.89 Å². The molecule has 118 valence electrons. The minimum atomic E-state index is -0.550. The number of nitrogens with zero attached hydrogens (tertiary/aromatic N) is 2. The van der Waals surface area contributed by atoms with Crippen molar-refractivity contribution < 1.29 is 8.83 Å². The predicted octanol–water partition coefficient (Wildman–Crippen LogP) is 4.82. The van der Waals surface area contributed by atoms with Crippen molar-refractivity contribution in [2.75, 3.05) is 0 Å². The summed E-state index contributed by atoms with van der Waals surface area (Å²) in [5, 5.41) is 9.51. The molecule has 4 aromatic rings. The van der Waals surface area contributed by atoms with E-state index < -0.39 is 5.63 Å². The molecule has 0 saturated heterocycles. The van der Waals surface area contributed by atoms with Crippen LogP contribution in [0.5, 0.6) is 0 Å². The van der Waals surface area contributed by atoms with E-state index in [9.17, 15) is 4.79 Å². The Balaban J connectivity index is 1.83. The van der Waals surface area contributed by atoms with Crippen LogP contribution in [0.3, 0.4) is 0 Å². The van der Waals surface area contributed by atoms with Crippen molar-refractivity contribution >= 4 is 34.2 Å². The number of benzene rings is 2. The van der Waals surface area contributed by atoms with Gasteiger partial charge in [-0.05, 0) is 30.3 Å². The molecule has 0 radical (unpaired) electrons. The molecule has 0 aliphatic rings. The van der Waals surface area contributed by atoms with Crippen molar-refractivity contribution in [2.45, 2.75) is 0 Å². The Morgan fingerprint density at radius 1 is 0.833 bits per heavy atom. The highest BCUT2D eigenvalue weighted by molar-refractivity contribution is 6.36. The first kappa shape index (κ1) is 14.9. The molecule has 0 saturated carbocycles. The molecule has 0 aliphatic carbocycles. The maximum Gasteiger partial charge on any atom is 0.349 e. The third-order valence-corrected chi connectivity index (χ3v) is 4.01. The van der Waals surface area contributed by atoms with Gasteiger partial charge in [0, 0.05) is 10.4 Å². The zero-order valence-corrected chi connectivity index (χ0v) is 13.5. The second-order valence-corrected chi connectivity index (χ2v) is 5.87.